The van der Waals surface area contributed by atoms with Crippen molar-refractivity contribution < 1.29 is 39.1 Å². The zero-order valence-corrected chi connectivity index (χ0v) is 27.2. The average Bonchev–Trinajstić information content (AvgIpc) is 3.43. The van der Waals surface area contributed by atoms with Gasteiger partial charge in [-0.2, -0.15) is 0 Å². The molecule has 1 unspecified atom stereocenters. The molecule has 0 spiro atoms. The second kappa shape index (κ2) is 20.0. The summed E-state index contributed by atoms with van der Waals surface area (Å²) in [5, 5.41) is 30.4. The summed E-state index contributed by atoms with van der Waals surface area (Å²) in [5.74, 6) is -0.153. The normalized spacial score (nSPS) is 23.7. The maximum Gasteiger partial charge on any atom is 0.309 e. The molecule has 10 atom stereocenters. The summed E-state index contributed by atoms with van der Waals surface area (Å²) in [7, 11) is 1.77. The van der Waals surface area contributed by atoms with Crippen LogP contribution in [0.1, 0.15) is 93.4 Å². The smallest absolute Gasteiger partial charge is 0.309 e. The lowest BCUT2D eigenvalue weighted by Crippen LogP contribution is -2.36. The van der Waals surface area contributed by atoms with Crippen molar-refractivity contribution in [3.8, 4) is 0 Å². The van der Waals surface area contributed by atoms with E-state index in [2.05, 4.69) is 13.8 Å². The molecule has 8 nitrogen and oxygen atoms in total. The van der Waals surface area contributed by atoms with Gasteiger partial charge in [-0.3, -0.25) is 9.59 Å². The third kappa shape index (κ3) is 13.1. The van der Waals surface area contributed by atoms with Gasteiger partial charge in [0.15, 0.2) is 0 Å². The van der Waals surface area contributed by atoms with Gasteiger partial charge in [0.05, 0.1) is 24.7 Å². The SMILES string of the molecule is CC[C@H](OC)[C@@H](C)[C@H]1CCC[C@@H]1[C@H](O)[C@@H](C)/C=C/C=C(\C)[C@@H](OC(=O)C[C@H](O)CCCO)[C@@H](C)/C=C/C(C)OC(C)=O. The van der Waals surface area contributed by atoms with E-state index >= 15 is 0 Å². The van der Waals surface area contributed by atoms with Crippen LogP contribution < -0.4 is 0 Å². The van der Waals surface area contributed by atoms with E-state index in [0.717, 1.165) is 31.3 Å². The van der Waals surface area contributed by atoms with Crippen LogP contribution in [0.4, 0.5) is 0 Å². The van der Waals surface area contributed by atoms with Gasteiger partial charge in [-0.15, -0.1) is 0 Å². The number of allylic oxidation sites excluding steroid dienone is 2. The highest BCUT2D eigenvalue weighted by molar-refractivity contribution is 5.70. The Morgan fingerprint density at radius 1 is 0.952 bits per heavy atom. The van der Waals surface area contributed by atoms with Crippen LogP contribution in [0.3, 0.4) is 0 Å². The van der Waals surface area contributed by atoms with Crippen LogP contribution in [0.15, 0.2) is 36.0 Å². The second-order valence-electron chi connectivity index (χ2n) is 12.1. The summed E-state index contributed by atoms with van der Waals surface area (Å²) >= 11 is 0. The van der Waals surface area contributed by atoms with Crippen molar-refractivity contribution in [3.05, 3.63) is 36.0 Å². The van der Waals surface area contributed by atoms with Crippen molar-refractivity contribution in [1.82, 2.24) is 0 Å². The number of carbonyl (C=O) groups is 2. The van der Waals surface area contributed by atoms with Crippen LogP contribution in [-0.2, 0) is 23.8 Å². The zero-order valence-electron chi connectivity index (χ0n) is 27.2. The van der Waals surface area contributed by atoms with E-state index in [9.17, 15) is 19.8 Å². The number of carbonyl (C=O) groups excluding carboxylic acids is 2. The molecule has 42 heavy (non-hydrogen) atoms. The van der Waals surface area contributed by atoms with Gasteiger partial charge in [0.25, 0.3) is 0 Å². The van der Waals surface area contributed by atoms with Crippen molar-refractivity contribution in [2.45, 2.75) is 124 Å². The maximum atomic E-state index is 12.7. The number of esters is 2. The topological polar surface area (TPSA) is 123 Å². The Kier molecular flexibility index (Phi) is 18.2. The van der Waals surface area contributed by atoms with Crippen LogP contribution in [-0.4, -0.2) is 71.5 Å². The molecule has 242 valence electrons. The molecule has 0 aromatic heterocycles. The third-order valence-electron chi connectivity index (χ3n) is 8.66. The Morgan fingerprint density at radius 3 is 2.21 bits per heavy atom. The highest BCUT2D eigenvalue weighted by atomic mass is 16.5. The monoisotopic (exact) mass is 594 g/mol. The summed E-state index contributed by atoms with van der Waals surface area (Å²) in [5.41, 5.74) is 0.807. The number of aliphatic hydroxyl groups is 3. The third-order valence-corrected chi connectivity index (χ3v) is 8.66. The number of ether oxygens (including phenoxy) is 3. The van der Waals surface area contributed by atoms with Gasteiger partial charge in [0, 0.05) is 32.5 Å². The first-order chi connectivity index (χ1) is 19.9. The van der Waals surface area contributed by atoms with Crippen LogP contribution in [0.25, 0.3) is 0 Å². The van der Waals surface area contributed by atoms with Crippen LogP contribution in [0.5, 0.6) is 0 Å². The molecule has 0 amide bonds. The van der Waals surface area contributed by atoms with E-state index in [1.165, 1.54) is 6.92 Å². The number of methoxy groups -OCH3 is 1. The molecule has 8 heteroatoms. The van der Waals surface area contributed by atoms with Gasteiger partial charge in [0.1, 0.15) is 12.2 Å². The fraction of sp³-hybridized carbons (Fsp3) is 0.765. The lowest BCUT2D eigenvalue weighted by molar-refractivity contribution is -0.151. The number of hydrogen-bond donors (Lipinski definition) is 3. The second-order valence-corrected chi connectivity index (χ2v) is 12.1. The molecule has 0 radical (unpaired) electrons. The van der Waals surface area contributed by atoms with E-state index in [1.54, 1.807) is 20.1 Å². The quantitative estimate of drug-likeness (QED) is 0.101. The van der Waals surface area contributed by atoms with Gasteiger partial charge in [-0.25, -0.2) is 0 Å². The van der Waals surface area contributed by atoms with Crippen LogP contribution in [0.2, 0.25) is 0 Å². The minimum atomic E-state index is -0.884. The fourth-order valence-corrected chi connectivity index (χ4v) is 6.26. The van der Waals surface area contributed by atoms with Gasteiger partial charge in [-0.1, -0.05) is 58.4 Å². The Labute approximate surface area is 254 Å². The van der Waals surface area contributed by atoms with Crippen molar-refractivity contribution in [2.24, 2.45) is 29.6 Å². The van der Waals surface area contributed by atoms with Crippen molar-refractivity contribution in [3.63, 3.8) is 0 Å². The molecular formula is C34H58O8. The summed E-state index contributed by atoms with van der Waals surface area (Å²) in [6, 6.07) is 0. The van der Waals surface area contributed by atoms with Gasteiger partial charge >= 0.3 is 11.9 Å². The largest absolute Gasteiger partial charge is 0.459 e. The molecular weight excluding hydrogens is 536 g/mol. The van der Waals surface area contributed by atoms with Gasteiger partial charge in [-0.05, 0) is 75.4 Å². The van der Waals surface area contributed by atoms with E-state index in [-0.39, 0.29) is 42.9 Å². The van der Waals surface area contributed by atoms with E-state index in [4.69, 9.17) is 19.3 Å². The van der Waals surface area contributed by atoms with Gasteiger partial charge < -0.3 is 29.5 Å². The molecule has 0 bridgehead atoms. The van der Waals surface area contributed by atoms with Crippen molar-refractivity contribution in [1.29, 1.82) is 0 Å². The van der Waals surface area contributed by atoms with E-state index in [1.807, 2.05) is 45.1 Å². The fourth-order valence-electron chi connectivity index (χ4n) is 6.26. The van der Waals surface area contributed by atoms with E-state index < -0.39 is 30.4 Å². The molecule has 0 heterocycles. The average molecular weight is 595 g/mol. The Balaban J connectivity index is 3.02. The summed E-state index contributed by atoms with van der Waals surface area (Å²) in [6.45, 7) is 13.3. The molecule has 0 saturated heterocycles. The first-order valence-corrected chi connectivity index (χ1v) is 15.8. The maximum absolute atomic E-state index is 12.7. The first kappa shape index (κ1) is 38.0. The predicted octanol–water partition coefficient (Wildman–Crippen LogP) is 5.54. The molecule has 1 aliphatic rings. The molecule has 0 aromatic carbocycles. The number of rotatable bonds is 19. The highest BCUT2D eigenvalue weighted by Crippen LogP contribution is 2.42. The van der Waals surface area contributed by atoms with Crippen LogP contribution in [0, 0.1) is 29.6 Å². The minimum absolute atomic E-state index is 0.0504. The summed E-state index contributed by atoms with van der Waals surface area (Å²) in [4.78, 5) is 24.0. The van der Waals surface area contributed by atoms with Crippen LogP contribution >= 0.6 is 0 Å². The molecule has 3 N–H and O–H groups in total. The number of hydrogen-bond acceptors (Lipinski definition) is 8. The van der Waals surface area contributed by atoms with E-state index in [0.29, 0.717) is 24.7 Å². The Morgan fingerprint density at radius 2 is 1.62 bits per heavy atom. The van der Waals surface area contributed by atoms with Crippen molar-refractivity contribution >= 4 is 11.9 Å². The zero-order chi connectivity index (χ0) is 31.8. The summed E-state index contributed by atoms with van der Waals surface area (Å²) in [6.07, 6.45) is 12.0. The molecule has 1 fully saturated rings. The Bertz CT molecular complexity index is 877. The molecule has 0 aromatic rings. The molecule has 1 saturated carbocycles. The standard InChI is InChI=1S/C34H58O8/c1-9-31(40-8)26(6)29-16-11-17-30(29)33(39)22(2)13-10-14-23(3)34(24(4)18-19-25(5)41-27(7)36)42-32(38)21-28(37)15-12-20-35/h10,13-14,18-19,22,24-26,28-31,33-35,37,39H,9,11-12,15-17,20-21H2,1-8H3/b13-10+,19-18+,23-14+/t22-,24-,25?,26-,28+,29+,30-,31-,33+,34+/m0/s1. The molecule has 1 aliphatic carbocycles. The lowest BCUT2D eigenvalue weighted by Gasteiger charge is -2.34. The highest BCUT2D eigenvalue weighted by Gasteiger charge is 2.39. The predicted molar refractivity (Wildman–Crippen MR) is 166 cm³/mol. The number of aliphatic hydroxyl groups excluding tert-OH is 3. The van der Waals surface area contributed by atoms with Crippen molar-refractivity contribution in [2.75, 3.05) is 13.7 Å². The molecule has 0 aliphatic heterocycles. The summed E-state index contributed by atoms with van der Waals surface area (Å²) < 4.78 is 16.7. The molecule has 1 rings (SSSR count). The van der Waals surface area contributed by atoms with Gasteiger partial charge in [0.2, 0.25) is 0 Å². The lowest BCUT2D eigenvalue weighted by atomic mass is 9.76. The minimum Gasteiger partial charge on any atom is -0.459 e. The Hall–Kier alpha value is -2.00. The first-order valence-electron chi connectivity index (χ1n) is 15.8.